The minimum atomic E-state index is -0.873. The van der Waals surface area contributed by atoms with Crippen LogP contribution in [0.3, 0.4) is 0 Å². The highest BCUT2D eigenvalue weighted by Crippen LogP contribution is 2.27. The summed E-state index contributed by atoms with van der Waals surface area (Å²) in [6.45, 7) is 1.64. The first-order valence-corrected chi connectivity index (χ1v) is 6.43. The van der Waals surface area contributed by atoms with Gasteiger partial charge in [0.2, 0.25) is 0 Å². The van der Waals surface area contributed by atoms with Crippen LogP contribution in [0.25, 0.3) is 0 Å². The SMILES string of the molecule is Cc1cc(O)ccc1C(=O)Nc1c(F)cc(F)cc1Br. The summed E-state index contributed by atoms with van der Waals surface area (Å²) in [4.78, 5) is 12.1. The van der Waals surface area contributed by atoms with Crippen molar-refractivity contribution in [2.75, 3.05) is 5.32 Å². The third-order valence-corrected chi connectivity index (χ3v) is 3.33. The van der Waals surface area contributed by atoms with Gasteiger partial charge in [-0.05, 0) is 52.7 Å². The molecule has 0 saturated heterocycles. The molecule has 0 radical (unpaired) electrons. The first-order chi connectivity index (χ1) is 9.38. The van der Waals surface area contributed by atoms with Crippen LogP contribution in [-0.4, -0.2) is 11.0 Å². The molecule has 1 amide bonds. The summed E-state index contributed by atoms with van der Waals surface area (Å²) in [5, 5.41) is 11.7. The van der Waals surface area contributed by atoms with Crippen molar-refractivity contribution in [2.24, 2.45) is 0 Å². The van der Waals surface area contributed by atoms with E-state index in [4.69, 9.17) is 0 Å². The van der Waals surface area contributed by atoms with E-state index in [0.717, 1.165) is 6.07 Å². The fraction of sp³-hybridized carbons (Fsp3) is 0.0714. The van der Waals surface area contributed by atoms with Crippen LogP contribution in [0.2, 0.25) is 0 Å². The Morgan fingerprint density at radius 2 is 1.95 bits per heavy atom. The summed E-state index contributed by atoms with van der Waals surface area (Å²) in [7, 11) is 0. The van der Waals surface area contributed by atoms with Crippen LogP contribution in [0.4, 0.5) is 14.5 Å². The predicted octanol–water partition coefficient (Wildman–Crippen LogP) is 3.99. The molecule has 6 heteroatoms. The molecule has 104 valence electrons. The first kappa shape index (κ1) is 14.5. The average Bonchev–Trinajstić information content (AvgIpc) is 2.33. The van der Waals surface area contributed by atoms with Gasteiger partial charge in [-0.25, -0.2) is 8.78 Å². The van der Waals surface area contributed by atoms with Crippen molar-refractivity contribution in [3.63, 3.8) is 0 Å². The second-order valence-corrected chi connectivity index (χ2v) is 5.05. The van der Waals surface area contributed by atoms with Crippen LogP contribution >= 0.6 is 15.9 Å². The number of carbonyl (C=O) groups excluding carboxylic acids is 1. The fourth-order valence-corrected chi connectivity index (χ4v) is 2.25. The molecule has 0 aromatic heterocycles. The van der Waals surface area contributed by atoms with E-state index >= 15 is 0 Å². The number of phenolic OH excluding ortho intramolecular Hbond substituents is 1. The summed E-state index contributed by atoms with van der Waals surface area (Å²) in [6, 6.07) is 5.95. The predicted molar refractivity (Wildman–Crippen MR) is 74.9 cm³/mol. The topological polar surface area (TPSA) is 49.3 Å². The van der Waals surface area contributed by atoms with Crippen LogP contribution in [0, 0.1) is 18.6 Å². The zero-order chi connectivity index (χ0) is 14.9. The molecule has 0 atom stereocenters. The molecule has 0 unspecified atom stereocenters. The van der Waals surface area contributed by atoms with Gasteiger partial charge < -0.3 is 10.4 Å². The van der Waals surface area contributed by atoms with Crippen molar-refractivity contribution in [1.82, 2.24) is 0 Å². The van der Waals surface area contributed by atoms with Crippen LogP contribution in [0.1, 0.15) is 15.9 Å². The molecule has 0 fully saturated rings. The molecule has 2 aromatic rings. The standard InChI is InChI=1S/C14H10BrF2NO2/c1-7-4-9(19)2-3-10(7)14(20)18-13-11(15)5-8(16)6-12(13)17/h2-6,19H,1H3,(H,18,20). The fourth-order valence-electron chi connectivity index (χ4n) is 1.75. The maximum absolute atomic E-state index is 13.6. The quantitative estimate of drug-likeness (QED) is 0.867. The number of anilines is 1. The Morgan fingerprint density at radius 1 is 1.25 bits per heavy atom. The first-order valence-electron chi connectivity index (χ1n) is 5.64. The molecule has 2 N–H and O–H groups in total. The van der Waals surface area contributed by atoms with E-state index < -0.39 is 17.5 Å². The summed E-state index contributed by atoms with van der Waals surface area (Å²) < 4.78 is 26.7. The number of aryl methyl sites for hydroxylation is 1. The number of hydrogen-bond donors (Lipinski definition) is 2. The van der Waals surface area contributed by atoms with Crippen LogP contribution in [0.5, 0.6) is 5.75 Å². The van der Waals surface area contributed by atoms with Gasteiger partial charge in [-0.15, -0.1) is 0 Å². The number of hydrogen-bond acceptors (Lipinski definition) is 2. The highest BCUT2D eigenvalue weighted by Gasteiger charge is 2.15. The van der Waals surface area contributed by atoms with E-state index in [1.165, 1.54) is 18.2 Å². The molecule has 2 aromatic carbocycles. The molecule has 0 heterocycles. The van der Waals surface area contributed by atoms with Gasteiger partial charge in [-0.2, -0.15) is 0 Å². The monoisotopic (exact) mass is 341 g/mol. The third-order valence-electron chi connectivity index (χ3n) is 2.70. The van der Waals surface area contributed by atoms with Gasteiger partial charge >= 0.3 is 0 Å². The van der Waals surface area contributed by atoms with Gasteiger partial charge in [0.25, 0.3) is 5.91 Å². The number of carbonyl (C=O) groups is 1. The molecule has 0 aliphatic heterocycles. The van der Waals surface area contributed by atoms with Gasteiger partial charge in [-0.1, -0.05) is 0 Å². The van der Waals surface area contributed by atoms with Crippen molar-refractivity contribution >= 4 is 27.5 Å². The van der Waals surface area contributed by atoms with Crippen molar-refractivity contribution in [3.05, 3.63) is 57.6 Å². The summed E-state index contributed by atoms with van der Waals surface area (Å²) in [5.74, 6) is -2.13. The lowest BCUT2D eigenvalue weighted by atomic mass is 10.1. The molecule has 0 spiro atoms. The van der Waals surface area contributed by atoms with Crippen molar-refractivity contribution in [3.8, 4) is 5.75 Å². The van der Waals surface area contributed by atoms with Crippen molar-refractivity contribution in [2.45, 2.75) is 6.92 Å². The molecule has 0 aliphatic carbocycles. The molecular formula is C14H10BrF2NO2. The Hall–Kier alpha value is -1.95. The lowest BCUT2D eigenvalue weighted by Gasteiger charge is -2.10. The smallest absolute Gasteiger partial charge is 0.256 e. The normalized spacial score (nSPS) is 10.4. The minimum Gasteiger partial charge on any atom is -0.508 e. The number of phenols is 1. The highest BCUT2D eigenvalue weighted by molar-refractivity contribution is 9.10. The number of rotatable bonds is 2. The Bertz CT molecular complexity index is 666. The molecule has 3 nitrogen and oxygen atoms in total. The number of benzene rings is 2. The van der Waals surface area contributed by atoms with Gasteiger partial charge in [0, 0.05) is 16.1 Å². The van der Waals surface area contributed by atoms with E-state index in [2.05, 4.69) is 21.2 Å². The molecular weight excluding hydrogens is 332 g/mol. The maximum atomic E-state index is 13.6. The van der Waals surface area contributed by atoms with Crippen LogP contribution in [0.15, 0.2) is 34.8 Å². The Morgan fingerprint density at radius 3 is 2.55 bits per heavy atom. The van der Waals surface area contributed by atoms with Gasteiger partial charge in [0.1, 0.15) is 11.6 Å². The molecule has 0 bridgehead atoms. The second-order valence-electron chi connectivity index (χ2n) is 4.20. The van der Waals surface area contributed by atoms with Crippen molar-refractivity contribution < 1.29 is 18.7 Å². The number of aromatic hydroxyl groups is 1. The van der Waals surface area contributed by atoms with Gasteiger partial charge in [0.05, 0.1) is 5.69 Å². The third kappa shape index (κ3) is 2.96. The second kappa shape index (κ2) is 5.58. The van der Waals surface area contributed by atoms with Crippen molar-refractivity contribution in [1.29, 1.82) is 0 Å². The summed E-state index contributed by atoms with van der Waals surface area (Å²) >= 11 is 2.99. The number of amides is 1. The molecule has 0 aliphatic rings. The lowest BCUT2D eigenvalue weighted by molar-refractivity contribution is 0.102. The van der Waals surface area contributed by atoms with Crippen LogP contribution in [-0.2, 0) is 0 Å². The Kier molecular flexibility index (Phi) is 4.04. The van der Waals surface area contributed by atoms with E-state index in [9.17, 15) is 18.7 Å². The Labute approximate surface area is 122 Å². The van der Waals surface area contributed by atoms with E-state index in [-0.39, 0.29) is 15.9 Å². The maximum Gasteiger partial charge on any atom is 0.256 e. The average molecular weight is 342 g/mol. The minimum absolute atomic E-state index is 0.0354. The van der Waals surface area contributed by atoms with E-state index in [1.54, 1.807) is 6.92 Å². The lowest BCUT2D eigenvalue weighted by Crippen LogP contribution is -2.15. The summed E-state index contributed by atoms with van der Waals surface area (Å²) in [5.41, 5.74) is 0.698. The number of halogens is 3. The summed E-state index contributed by atoms with van der Waals surface area (Å²) in [6.07, 6.45) is 0. The molecule has 0 saturated carbocycles. The Balaban J connectivity index is 2.33. The van der Waals surface area contributed by atoms with Gasteiger partial charge in [-0.3, -0.25) is 4.79 Å². The zero-order valence-corrected chi connectivity index (χ0v) is 12.0. The molecule has 2 rings (SSSR count). The molecule has 20 heavy (non-hydrogen) atoms. The van der Waals surface area contributed by atoms with Gasteiger partial charge in [0.15, 0.2) is 5.82 Å². The largest absolute Gasteiger partial charge is 0.508 e. The number of nitrogens with one attached hydrogen (secondary N) is 1. The zero-order valence-electron chi connectivity index (χ0n) is 10.4. The van der Waals surface area contributed by atoms with E-state index in [0.29, 0.717) is 17.2 Å². The van der Waals surface area contributed by atoms with E-state index in [1.807, 2.05) is 0 Å². The highest BCUT2D eigenvalue weighted by atomic mass is 79.9. The van der Waals surface area contributed by atoms with Crippen LogP contribution < -0.4 is 5.32 Å².